The predicted octanol–water partition coefficient (Wildman–Crippen LogP) is 7.01. The topological polar surface area (TPSA) is 125 Å². The minimum Gasteiger partial charge on any atom is -0.481 e. The maximum atomic E-state index is 13.4. The summed E-state index contributed by atoms with van der Waals surface area (Å²) < 4.78 is 15.8. The first-order valence-electron chi connectivity index (χ1n) is 18.8. The van der Waals surface area contributed by atoms with Gasteiger partial charge in [-0.1, -0.05) is 80.9 Å². The summed E-state index contributed by atoms with van der Waals surface area (Å²) in [6.07, 6.45) is 9.98. The van der Waals surface area contributed by atoms with Crippen molar-refractivity contribution in [3.63, 3.8) is 0 Å². The van der Waals surface area contributed by atoms with Crippen LogP contribution in [0.4, 0.5) is 5.95 Å². The number of carbonyl (C=O) groups is 1. The van der Waals surface area contributed by atoms with Crippen LogP contribution in [0.2, 0.25) is 0 Å². The lowest BCUT2D eigenvalue weighted by Gasteiger charge is -2.71. The summed E-state index contributed by atoms with van der Waals surface area (Å²) in [7, 11) is 2.02. The first-order chi connectivity index (χ1) is 22.3. The molecule has 12 atom stereocenters. The summed E-state index contributed by atoms with van der Waals surface area (Å²) in [5.74, 6) is 0.714. The Balaban J connectivity index is 1.43. The monoisotopic (exact) mass is 668 g/mol. The van der Waals surface area contributed by atoms with E-state index in [9.17, 15) is 9.90 Å². The number of carboxylic acid groups (broad SMARTS) is 1. The summed E-state index contributed by atoms with van der Waals surface area (Å²) >= 11 is 0. The van der Waals surface area contributed by atoms with Gasteiger partial charge in [-0.3, -0.25) is 4.79 Å². The Morgan fingerprint density at radius 1 is 1.15 bits per heavy atom. The number of ether oxygens (including phenoxy) is 2. The van der Waals surface area contributed by atoms with Crippen molar-refractivity contribution >= 4 is 11.9 Å². The predicted molar refractivity (Wildman–Crippen MR) is 189 cm³/mol. The fourth-order valence-corrected chi connectivity index (χ4v) is 12.6. The molecule has 1 aromatic rings. The van der Waals surface area contributed by atoms with Crippen LogP contribution in [0, 0.1) is 62.1 Å². The van der Waals surface area contributed by atoms with Gasteiger partial charge in [-0.05, 0) is 90.9 Å². The molecule has 6 rings (SSSR count). The van der Waals surface area contributed by atoms with Crippen LogP contribution in [0.5, 0.6) is 0 Å². The Labute approximate surface area is 289 Å². The smallest absolute Gasteiger partial charge is 0.307 e. The van der Waals surface area contributed by atoms with Gasteiger partial charge in [-0.25, -0.2) is 9.67 Å². The SMILES string of the molecule is CN[C@H](CO[C@H]1[C@H](n2cnc(N)n2)C[C@@]23COC[C@]1(C)[C@@H]2CC[C@H]1C3=CC[C@@]2(C)[C@H](C(=O)O)[C@@](C)([C@H](C)C(C)C)CC[C@]12C)C(C)(C)C. The Kier molecular flexibility index (Phi) is 8.81. The molecule has 2 heterocycles. The summed E-state index contributed by atoms with van der Waals surface area (Å²) in [5.41, 5.74) is 6.55. The molecule has 1 aromatic heterocycles. The van der Waals surface area contributed by atoms with Crippen LogP contribution in [0.1, 0.15) is 114 Å². The summed E-state index contributed by atoms with van der Waals surface area (Å²) in [6, 6.07) is 0.136. The number of aromatic nitrogens is 3. The van der Waals surface area contributed by atoms with Crippen molar-refractivity contribution in [2.75, 3.05) is 32.6 Å². The van der Waals surface area contributed by atoms with Crippen molar-refractivity contribution in [2.45, 2.75) is 126 Å². The van der Waals surface area contributed by atoms with E-state index in [1.807, 2.05) is 11.7 Å². The van der Waals surface area contributed by atoms with Gasteiger partial charge < -0.3 is 25.6 Å². The molecular weight excluding hydrogens is 602 g/mol. The lowest BCUT2D eigenvalue weighted by atomic mass is 9.34. The quantitative estimate of drug-likeness (QED) is 0.253. The lowest BCUT2D eigenvalue weighted by Crippen LogP contribution is -2.69. The minimum atomic E-state index is -0.618. The van der Waals surface area contributed by atoms with Crippen LogP contribution >= 0.6 is 0 Å². The molecule has 0 radical (unpaired) electrons. The molecule has 3 saturated carbocycles. The van der Waals surface area contributed by atoms with Gasteiger partial charge in [0.15, 0.2) is 0 Å². The Hall–Kier alpha value is -1.97. The molecule has 4 fully saturated rings. The molecular formula is C39H65N5O4. The van der Waals surface area contributed by atoms with Crippen molar-refractivity contribution in [1.82, 2.24) is 20.1 Å². The van der Waals surface area contributed by atoms with Gasteiger partial charge in [-0.2, -0.15) is 0 Å². The third kappa shape index (κ3) is 4.97. The maximum absolute atomic E-state index is 13.4. The van der Waals surface area contributed by atoms with Crippen LogP contribution in [0.3, 0.4) is 0 Å². The van der Waals surface area contributed by atoms with E-state index >= 15 is 0 Å². The summed E-state index contributed by atoms with van der Waals surface area (Å²) in [5, 5.41) is 19.3. The molecule has 4 aliphatic carbocycles. The number of carboxylic acids is 1. The molecule has 9 nitrogen and oxygen atoms in total. The Morgan fingerprint density at radius 3 is 2.44 bits per heavy atom. The molecule has 5 aliphatic rings. The van der Waals surface area contributed by atoms with Crippen LogP contribution in [-0.4, -0.2) is 64.9 Å². The van der Waals surface area contributed by atoms with E-state index in [2.05, 4.69) is 85.6 Å². The van der Waals surface area contributed by atoms with E-state index in [0.29, 0.717) is 43.5 Å². The van der Waals surface area contributed by atoms with Crippen LogP contribution < -0.4 is 11.1 Å². The minimum absolute atomic E-state index is 0.0359. The zero-order valence-corrected chi connectivity index (χ0v) is 31.7. The van der Waals surface area contributed by atoms with Crippen molar-refractivity contribution in [3.05, 3.63) is 18.0 Å². The molecule has 1 saturated heterocycles. The first kappa shape index (κ1) is 35.8. The highest BCUT2D eigenvalue weighted by Crippen LogP contribution is 2.75. The highest BCUT2D eigenvalue weighted by Gasteiger charge is 2.72. The second-order valence-electron chi connectivity index (χ2n) is 19.2. The molecule has 4 N–H and O–H groups in total. The molecule has 0 spiro atoms. The zero-order chi connectivity index (χ0) is 35.2. The van der Waals surface area contributed by atoms with Crippen LogP contribution in [0.25, 0.3) is 0 Å². The van der Waals surface area contributed by atoms with Gasteiger partial charge in [0.1, 0.15) is 6.33 Å². The number of hydrogen-bond acceptors (Lipinski definition) is 7. The molecule has 270 valence electrons. The van der Waals surface area contributed by atoms with E-state index in [1.54, 1.807) is 6.33 Å². The first-order valence-corrected chi connectivity index (χ1v) is 18.8. The molecule has 0 unspecified atom stereocenters. The maximum Gasteiger partial charge on any atom is 0.307 e. The molecule has 0 amide bonds. The third-order valence-electron chi connectivity index (χ3n) is 15.8. The van der Waals surface area contributed by atoms with Gasteiger partial charge in [-0.15, -0.1) is 5.10 Å². The average Bonchev–Trinajstić information content (AvgIpc) is 3.43. The molecule has 2 bridgehead atoms. The number of aliphatic carboxylic acids is 1. The number of allylic oxidation sites excluding steroid dienone is 1. The normalized spacial score (nSPS) is 43.8. The standard InChI is InChI=1S/C39H65N5O4/c1-23(2)24(3)35(7)16-17-37(9)25-12-13-28-36(8)20-47-21-39(28,26(25)14-15-38(37,10)30(35)32(45)46)18-27(44-22-42-33(40)43-44)31(36)48-19-29(41-11)34(4,5)6/h14,22-25,27-31,41H,12-13,15-21H2,1-11H3,(H2,40,43)(H,45,46)/t24-,25+,27-,28+,29-,30-,31+,35-,36-,37-,38+,39+/m1/s1. The number of nitrogens with zero attached hydrogens (tertiary/aromatic N) is 3. The molecule has 0 aromatic carbocycles. The fraction of sp³-hybridized carbons (Fsp3) is 0.872. The Bertz CT molecular complexity index is 1420. The van der Waals surface area contributed by atoms with Gasteiger partial charge >= 0.3 is 5.97 Å². The number of likely N-dealkylation sites (N-methyl/N-ethyl adjacent to an activating group) is 1. The molecule has 48 heavy (non-hydrogen) atoms. The fourth-order valence-electron chi connectivity index (χ4n) is 12.6. The summed E-state index contributed by atoms with van der Waals surface area (Å²) in [6.45, 7) is 24.9. The van der Waals surface area contributed by atoms with E-state index < -0.39 is 11.9 Å². The van der Waals surface area contributed by atoms with Gasteiger partial charge in [0, 0.05) is 16.9 Å². The van der Waals surface area contributed by atoms with Gasteiger partial charge in [0.2, 0.25) is 5.95 Å². The van der Waals surface area contributed by atoms with Crippen LogP contribution in [-0.2, 0) is 14.3 Å². The van der Waals surface area contributed by atoms with Crippen molar-refractivity contribution in [2.24, 2.45) is 62.1 Å². The van der Waals surface area contributed by atoms with Gasteiger partial charge in [0.25, 0.3) is 0 Å². The van der Waals surface area contributed by atoms with Crippen molar-refractivity contribution < 1.29 is 19.4 Å². The number of hydrogen-bond donors (Lipinski definition) is 3. The van der Waals surface area contributed by atoms with E-state index in [-0.39, 0.29) is 56.6 Å². The number of nitrogens with two attached hydrogens (primary N) is 1. The largest absolute Gasteiger partial charge is 0.481 e. The molecule has 1 aliphatic heterocycles. The highest BCUT2D eigenvalue weighted by molar-refractivity contribution is 5.73. The Morgan fingerprint density at radius 2 is 1.85 bits per heavy atom. The number of rotatable bonds is 8. The second-order valence-corrected chi connectivity index (χ2v) is 19.2. The highest BCUT2D eigenvalue weighted by atomic mass is 16.5. The van der Waals surface area contributed by atoms with Crippen LogP contribution in [0.15, 0.2) is 18.0 Å². The van der Waals surface area contributed by atoms with E-state index in [1.165, 1.54) is 5.57 Å². The zero-order valence-electron chi connectivity index (χ0n) is 31.7. The number of nitrogens with one attached hydrogen (secondary N) is 1. The van der Waals surface area contributed by atoms with Crippen molar-refractivity contribution in [3.8, 4) is 0 Å². The number of fused-ring (bicyclic) bond motifs is 3. The number of nitrogen functional groups attached to an aromatic ring is 1. The lowest BCUT2D eigenvalue weighted by molar-refractivity contribution is -0.251. The average molecular weight is 668 g/mol. The molecule has 9 heteroatoms. The third-order valence-corrected chi connectivity index (χ3v) is 15.8. The second kappa shape index (κ2) is 11.8. The van der Waals surface area contributed by atoms with E-state index in [4.69, 9.17) is 20.3 Å². The number of anilines is 1. The van der Waals surface area contributed by atoms with Gasteiger partial charge in [0.05, 0.1) is 37.9 Å². The van der Waals surface area contributed by atoms with Crippen molar-refractivity contribution in [1.29, 1.82) is 0 Å². The summed E-state index contributed by atoms with van der Waals surface area (Å²) in [4.78, 5) is 17.8. The van der Waals surface area contributed by atoms with E-state index in [0.717, 1.165) is 38.5 Å².